The minimum Gasteiger partial charge on any atom is -0.496 e. The van der Waals surface area contributed by atoms with E-state index in [-0.39, 0.29) is 18.3 Å². The van der Waals surface area contributed by atoms with Crippen molar-refractivity contribution in [3.63, 3.8) is 0 Å². The SMILES string of the molecule is CCN(CC)C(=O)C1=C(C)N=c2s/c(=C/c3cc4c(cc3Br)OCO4)c(=O)n2[C@H]1c1c(OC)ccc2ccccc12. The number of hydrogen-bond donors (Lipinski definition) is 0. The summed E-state index contributed by atoms with van der Waals surface area (Å²) in [4.78, 5) is 35.5. The lowest BCUT2D eigenvalue weighted by molar-refractivity contribution is -0.127. The normalized spacial score (nSPS) is 16.1. The molecule has 10 heteroatoms. The Kier molecular flexibility index (Phi) is 7.21. The number of allylic oxidation sites excluding steroid dienone is 1. The smallest absolute Gasteiger partial charge is 0.271 e. The van der Waals surface area contributed by atoms with Crippen LogP contribution in [0.3, 0.4) is 0 Å². The molecule has 0 unspecified atom stereocenters. The van der Waals surface area contributed by atoms with Crippen LogP contribution in [0.25, 0.3) is 16.8 Å². The van der Waals surface area contributed by atoms with Crippen molar-refractivity contribution in [1.82, 2.24) is 9.47 Å². The molecule has 4 aromatic rings. The molecule has 1 aromatic heterocycles. The fourth-order valence-electron chi connectivity index (χ4n) is 5.47. The monoisotopic (exact) mass is 633 g/mol. The van der Waals surface area contributed by atoms with E-state index in [2.05, 4.69) is 15.9 Å². The number of nitrogens with zero attached hydrogens (tertiary/aromatic N) is 3. The standard InChI is InChI=1S/C31H28BrN3O5S/c1-5-34(6-2)30(37)26-17(3)33-31-35(28(26)27-20-10-8-7-9-18(20)11-12-22(27)38-4)29(36)25(41-31)14-19-13-23-24(15-21(19)32)40-16-39-23/h7-15,28H,5-6,16H2,1-4H3/b25-14+/t28-/m1/s1. The molecule has 0 bridgehead atoms. The first-order valence-corrected chi connectivity index (χ1v) is 14.9. The van der Waals surface area contributed by atoms with Crippen LogP contribution in [0, 0.1) is 0 Å². The number of carbonyl (C=O) groups is 1. The highest BCUT2D eigenvalue weighted by atomic mass is 79.9. The van der Waals surface area contributed by atoms with Crippen LogP contribution in [0.2, 0.25) is 0 Å². The Balaban J connectivity index is 1.65. The summed E-state index contributed by atoms with van der Waals surface area (Å²) in [6.07, 6.45) is 1.82. The third kappa shape index (κ3) is 4.55. The average Bonchev–Trinajstić information content (AvgIpc) is 3.55. The van der Waals surface area contributed by atoms with Gasteiger partial charge in [0.05, 0.1) is 22.9 Å². The Hall–Kier alpha value is -3.89. The first kappa shape index (κ1) is 27.3. The third-order valence-corrected chi connectivity index (χ3v) is 9.17. The number of hydrogen-bond acceptors (Lipinski definition) is 7. The second-order valence-corrected chi connectivity index (χ2v) is 11.6. The van der Waals surface area contributed by atoms with Gasteiger partial charge in [-0.2, -0.15) is 0 Å². The summed E-state index contributed by atoms with van der Waals surface area (Å²) in [7, 11) is 1.61. The van der Waals surface area contributed by atoms with Gasteiger partial charge in [0.15, 0.2) is 16.3 Å². The molecule has 3 aromatic carbocycles. The van der Waals surface area contributed by atoms with E-state index in [1.54, 1.807) is 16.6 Å². The van der Waals surface area contributed by atoms with Crippen LogP contribution in [-0.4, -0.2) is 42.4 Å². The lowest BCUT2D eigenvalue weighted by Gasteiger charge is -2.30. The summed E-state index contributed by atoms with van der Waals surface area (Å²) < 4.78 is 19.8. The molecule has 2 aliphatic heterocycles. The Morgan fingerprint density at radius 1 is 1.17 bits per heavy atom. The number of ether oxygens (including phenoxy) is 3. The van der Waals surface area contributed by atoms with Crippen molar-refractivity contribution in [2.24, 2.45) is 4.99 Å². The van der Waals surface area contributed by atoms with Gasteiger partial charge in [0, 0.05) is 23.1 Å². The summed E-state index contributed by atoms with van der Waals surface area (Å²) in [5.41, 5.74) is 2.34. The number of likely N-dealkylation sites (N-methyl/N-ethyl adjacent to an activating group) is 1. The van der Waals surface area contributed by atoms with Crippen molar-refractivity contribution >= 4 is 50.0 Å². The molecule has 0 aliphatic carbocycles. The van der Waals surface area contributed by atoms with E-state index in [0.717, 1.165) is 26.4 Å². The quantitative estimate of drug-likeness (QED) is 0.306. The number of benzene rings is 3. The first-order chi connectivity index (χ1) is 19.9. The van der Waals surface area contributed by atoms with Crippen LogP contribution < -0.4 is 29.1 Å². The Morgan fingerprint density at radius 2 is 1.90 bits per heavy atom. The zero-order valence-corrected chi connectivity index (χ0v) is 25.5. The molecular formula is C31H28BrN3O5S. The van der Waals surface area contributed by atoms with E-state index < -0.39 is 6.04 Å². The highest BCUT2D eigenvalue weighted by Crippen LogP contribution is 2.41. The Labute approximate surface area is 248 Å². The van der Waals surface area contributed by atoms with Gasteiger partial charge in [0.25, 0.3) is 11.5 Å². The number of fused-ring (bicyclic) bond motifs is 3. The van der Waals surface area contributed by atoms with Crippen LogP contribution in [0.15, 0.2) is 74.1 Å². The van der Waals surface area contributed by atoms with Crippen molar-refractivity contribution in [2.45, 2.75) is 26.8 Å². The molecule has 0 saturated heterocycles. The van der Waals surface area contributed by atoms with Gasteiger partial charge in [-0.05, 0) is 61.4 Å². The van der Waals surface area contributed by atoms with Gasteiger partial charge in [0.2, 0.25) is 6.79 Å². The fourth-order valence-corrected chi connectivity index (χ4v) is 6.94. The molecule has 0 radical (unpaired) electrons. The van der Waals surface area contributed by atoms with Crippen LogP contribution in [0.1, 0.15) is 37.9 Å². The minimum absolute atomic E-state index is 0.149. The summed E-state index contributed by atoms with van der Waals surface area (Å²) in [6.45, 7) is 6.96. The van der Waals surface area contributed by atoms with Gasteiger partial charge in [-0.3, -0.25) is 14.2 Å². The molecule has 210 valence electrons. The van der Waals surface area contributed by atoms with Crippen molar-refractivity contribution in [3.8, 4) is 17.2 Å². The van der Waals surface area contributed by atoms with Crippen LogP contribution >= 0.6 is 27.3 Å². The number of methoxy groups -OCH3 is 1. The van der Waals surface area contributed by atoms with Gasteiger partial charge in [-0.1, -0.05) is 57.6 Å². The maximum Gasteiger partial charge on any atom is 0.271 e. The molecule has 8 nitrogen and oxygen atoms in total. The zero-order chi connectivity index (χ0) is 28.8. The maximum absolute atomic E-state index is 14.3. The summed E-state index contributed by atoms with van der Waals surface area (Å²) >= 11 is 4.89. The lowest BCUT2D eigenvalue weighted by atomic mass is 9.90. The van der Waals surface area contributed by atoms with Crippen LogP contribution in [-0.2, 0) is 4.79 Å². The highest BCUT2D eigenvalue weighted by Gasteiger charge is 2.36. The largest absolute Gasteiger partial charge is 0.496 e. The zero-order valence-electron chi connectivity index (χ0n) is 23.1. The number of halogens is 1. The molecule has 0 saturated carbocycles. The highest BCUT2D eigenvalue weighted by molar-refractivity contribution is 9.10. The number of thiazole rings is 1. The summed E-state index contributed by atoms with van der Waals surface area (Å²) in [5.74, 6) is 1.72. The van der Waals surface area contributed by atoms with Crippen molar-refractivity contribution in [2.75, 3.05) is 27.0 Å². The van der Waals surface area contributed by atoms with Gasteiger partial charge in [0.1, 0.15) is 11.8 Å². The van der Waals surface area contributed by atoms with Crippen molar-refractivity contribution < 1.29 is 19.0 Å². The Bertz CT molecular complexity index is 1920. The van der Waals surface area contributed by atoms with E-state index >= 15 is 0 Å². The van der Waals surface area contributed by atoms with E-state index in [1.807, 2.05) is 75.4 Å². The predicted octanol–water partition coefficient (Wildman–Crippen LogP) is 4.76. The topological polar surface area (TPSA) is 82.4 Å². The molecule has 0 spiro atoms. The molecule has 1 amide bonds. The number of carbonyl (C=O) groups excluding carboxylic acids is 1. The molecule has 0 fully saturated rings. The van der Waals surface area contributed by atoms with Gasteiger partial charge in [-0.25, -0.2) is 4.99 Å². The number of aromatic nitrogens is 1. The second kappa shape index (κ2) is 10.8. The van der Waals surface area contributed by atoms with Crippen LogP contribution in [0.5, 0.6) is 17.2 Å². The molecule has 0 N–H and O–H groups in total. The molecule has 1 atom stereocenters. The third-order valence-electron chi connectivity index (χ3n) is 7.51. The van der Waals surface area contributed by atoms with Crippen molar-refractivity contribution in [1.29, 1.82) is 0 Å². The number of rotatable bonds is 6. The van der Waals surface area contributed by atoms with E-state index in [1.165, 1.54) is 11.3 Å². The summed E-state index contributed by atoms with van der Waals surface area (Å²) in [6, 6.07) is 14.8. The van der Waals surface area contributed by atoms with Crippen LogP contribution in [0.4, 0.5) is 0 Å². The second-order valence-electron chi connectivity index (χ2n) is 9.69. The number of amides is 1. The lowest BCUT2D eigenvalue weighted by Crippen LogP contribution is -2.43. The minimum atomic E-state index is -0.734. The van der Waals surface area contributed by atoms with Gasteiger partial charge < -0.3 is 19.1 Å². The molecule has 41 heavy (non-hydrogen) atoms. The summed E-state index contributed by atoms with van der Waals surface area (Å²) in [5, 5.41) is 1.89. The first-order valence-electron chi connectivity index (χ1n) is 13.3. The van der Waals surface area contributed by atoms with Gasteiger partial charge >= 0.3 is 0 Å². The average molecular weight is 635 g/mol. The van der Waals surface area contributed by atoms with E-state index in [9.17, 15) is 9.59 Å². The molecule has 6 rings (SSSR count). The Morgan fingerprint density at radius 3 is 2.63 bits per heavy atom. The van der Waals surface area contributed by atoms with E-state index in [0.29, 0.717) is 50.9 Å². The molecule has 2 aliphatic rings. The fraction of sp³-hybridized carbons (Fsp3) is 0.258. The maximum atomic E-state index is 14.3. The van der Waals surface area contributed by atoms with Crippen molar-refractivity contribution in [3.05, 3.63) is 95.1 Å². The van der Waals surface area contributed by atoms with E-state index in [4.69, 9.17) is 19.2 Å². The van der Waals surface area contributed by atoms with Gasteiger partial charge in [-0.15, -0.1) is 0 Å². The predicted molar refractivity (Wildman–Crippen MR) is 162 cm³/mol. The molecular weight excluding hydrogens is 606 g/mol. The molecule has 3 heterocycles.